The Morgan fingerprint density at radius 3 is 2.53 bits per heavy atom. The van der Waals surface area contributed by atoms with E-state index in [4.69, 9.17) is 21.1 Å². The first-order chi connectivity index (χ1) is 14.4. The normalized spacial score (nSPS) is 17.7. The fourth-order valence-corrected chi connectivity index (χ4v) is 5.26. The molecule has 10 heteroatoms. The van der Waals surface area contributed by atoms with E-state index in [1.54, 1.807) is 47.9 Å². The van der Waals surface area contributed by atoms with Crippen LogP contribution in [0.5, 0.6) is 5.75 Å². The molecule has 1 N–H and O–H groups in total. The highest BCUT2D eigenvalue weighted by molar-refractivity contribution is 8.00. The summed E-state index contributed by atoms with van der Waals surface area (Å²) in [6, 6.07) is 6.62. The van der Waals surface area contributed by atoms with Crippen LogP contribution in [0.1, 0.15) is 19.8 Å². The number of carbonyl (C=O) groups is 3. The number of rotatable bonds is 6. The number of hydrogen-bond donors (Lipinski definition) is 1. The number of carbonyl (C=O) groups excluding carboxylic acids is 3. The van der Waals surface area contributed by atoms with Crippen LogP contribution in [0.3, 0.4) is 0 Å². The lowest BCUT2D eigenvalue weighted by molar-refractivity contribution is -0.142. The van der Waals surface area contributed by atoms with Crippen LogP contribution in [0, 0.1) is 0 Å². The van der Waals surface area contributed by atoms with E-state index in [-0.39, 0.29) is 36.6 Å². The van der Waals surface area contributed by atoms with Crippen LogP contribution in [0.15, 0.2) is 24.3 Å². The minimum absolute atomic E-state index is 0.0340. The standard InChI is InChI=1S/C20H26ClN3O5S/c1-2-28-18(26)13-22-19(27)23-9-7-20(8-10-23)24(11-12-30-20)17(25)14-29-16-5-3-15(21)4-6-16/h3-6H,2,7-14H2,1H3,(H,22,27). The second kappa shape index (κ2) is 10.3. The molecule has 1 spiro atoms. The average molecular weight is 456 g/mol. The van der Waals surface area contributed by atoms with Gasteiger partial charge in [-0.1, -0.05) is 11.6 Å². The van der Waals surface area contributed by atoms with Crippen LogP contribution < -0.4 is 10.1 Å². The molecule has 0 unspecified atom stereocenters. The van der Waals surface area contributed by atoms with Crippen molar-refractivity contribution in [2.75, 3.05) is 45.1 Å². The van der Waals surface area contributed by atoms with E-state index in [9.17, 15) is 14.4 Å². The average Bonchev–Trinajstić information content (AvgIpc) is 3.15. The van der Waals surface area contributed by atoms with Crippen molar-refractivity contribution in [1.29, 1.82) is 0 Å². The first-order valence-corrected chi connectivity index (χ1v) is 11.3. The monoisotopic (exact) mass is 455 g/mol. The number of esters is 1. The Bertz CT molecular complexity index is 768. The highest BCUT2D eigenvalue weighted by Gasteiger charge is 2.46. The van der Waals surface area contributed by atoms with Crippen molar-refractivity contribution < 1.29 is 23.9 Å². The lowest BCUT2D eigenvalue weighted by atomic mass is 10.0. The summed E-state index contributed by atoms with van der Waals surface area (Å²) in [5.74, 6) is 0.946. The van der Waals surface area contributed by atoms with Gasteiger partial charge >= 0.3 is 12.0 Å². The molecular weight excluding hydrogens is 430 g/mol. The number of halogens is 1. The molecule has 0 bridgehead atoms. The number of nitrogens with one attached hydrogen (secondary N) is 1. The van der Waals surface area contributed by atoms with E-state index in [0.29, 0.717) is 43.2 Å². The minimum atomic E-state index is -0.455. The third-order valence-electron chi connectivity index (χ3n) is 5.18. The predicted molar refractivity (Wildman–Crippen MR) is 115 cm³/mol. The largest absolute Gasteiger partial charge is 0.484 e. The van der Waals surface area contributed by atoms with Crippen molar-refractivity contribution >= 4 is 41.3 Å². The minimum Gasteiger partial charge on any atom is -0.484 e. The number of piperidine rings is 1. The zero-order valence-corrected chi connectivity index (χ0v) is 18.5. The van der Waals surface area contributed by atoms with Gasteiger partial charge in [0.25, 0.3) is 5.91 Å². The summed E-state index contributed by atoms with van der Waals surface area (Å²) < 4.78 is 10.4. The van der Waals surface area contributed by atoms with Crippen LogP contribution in [-0.2, 0) is 14.3 Å². The van der Waals surface area contributed by atoms with Crippen LogP contribution in [-0.4, -0.2) is 77.7 Å². The van der Waals surface area contributed by atoms with Crippen molar-refractivity contribution in [2.45, 2.75) is 24.6 Å². The van der Waals surface area contributed by atoms with Gasteiger partial charge in [-0.05, 0) is 44.0 Å². The molecule has 164 valence electrons. The summed E-state index contributed by atoms with van der Waals surface area (Å²) in [5.41, 5.74) is 0. The van der Waals surface area contributed by atoms with Gasteiger partial charge in [0, 0.05) is 30.4 Å². The van der Waals surface area contributed by atoms with Crippen molar-refractivity contribution in [2.24, 2.45) is 0 Å². The zero-order valence-electron chi connectivity index (χ0n) is 16.9. The molecule has 2 heterocycles. The van der Waals surface area contributed by atoms with Crippen molar-refractivity contribution in [1.82, 2.24) is 15.1 Å². The maximum Gasteiger partial charge on any atom is 0.325 e. The molecule has 30 heavy (non-hydrogen) atoms. The molecule has 3 amide bonds. The summed E-state index contributed by atoms with van der Waals surface area (Å²) in [6.45, 7) is 3.53. The Morgan fingerprint density at radius 1 is 1.17 bits per heavy atom. The Hall–Kier alpha value is -2.13. The first kappa shape index (κ1) is 22.6. The molecule has 8 nitrogen and oxygen atoms in total. The van der Waals surface area contributed by atoms with Gasteiger partial charge in [-0.3, -0.25) is 9.59 Å². The summed E-state index contributed by atoms with van der Waals surface area (Å²) in [7, 11) is 0. The van der Waals surface area contributed by atoms with Crippen LogP contribution in [0.2, 0.25) is 5.02 Å². The second-order valence-corrected chi connectivity index (χ2v) is 8.93. The Labute approximate surface area is 185 Å². The molecule has 0 aliphatic carbocycles. The maximum atomic E-state index is 12.8. The van der Waals surface area contributed by atoms with E-state index >= 15 is 0 Å². The zero-order chi connectivity index (χ0) is 21.6. The molecule has 2 saturated heterocycles. The van der Waals surface area contributed by atoms with Crippen LogP contribution >= 0.6 is 23.4 Å². The fraction of sp³-hybridized carbons (Fsp3) is 0.550. The fourth-order valence-electron chi connectivity index (χ4n) is 3.66. The van der Waals surface area contributed by atoms with Gasteiger partial charge in [-0.15, -0.1) is 11.8 Å². The van der Waals surface area contributed by atoms with E-state index in [0.717, 1.165) is 5.75 Å². The molecule has 0 saturated carbocycles. The van der Waals surface area contributed by atoms with Crippen molar-refractivity contribution in [3.63, 3.8) is 0 Å². The van der Waals surface area contributed by atoms with Gasteiger partial charge in [0.1, 0.15) is 12.3 Å². The molecule has 0 atom stereocenters. The molecule has 0 radical (unpaired) electrons. The third-order valence-corrected chi connectivity index (χ3v) is 6.98. The number of urea groups is 1. The summed E-state index contributed by atoms with van der Waals surface area (Å²) >= 11 is 7.63. The lowest BCUT2D eigenvalue weighted by Gasteiger charge is -2.43. The molecule has 1 aromatic rings. The van der Waals surface area contributed by atoms with E-state index in [1.165, 1.54) is 0 Å². The summed E-state index contributed by atoms with van der Waals surface area (Å²) in [6.07, 6.45) is 1.36. The smallest absolute Gasteiger partial charge is 0.325 e. The van der Waals surface area contributed by atoms with Crippen molar-refractivity contribution in [3.05, 3.63) is 29.3 Å². The molecule has 2 aliphatic heterocycles. The molecular formula is C20H26ClN3O5S. The van der Waals surface area contributed by atoms with Gasteiger partial charge in [-0.2, -0.15) is 0 Å². The number of likely N-dealkylation sites (tertiary alicyclic amines) is 1. The maximum absolute atomic E-state index is 12.8. The summed E-state index contributed by atoms with van der Waals surface area (Å²) in [5, 5.41) is 3.20. The SMILES string of the molecule is CCOC(=O)CNC(=O)N1CCC2(CC1)SCCN2C(=O)COc1ccc(Cl)cc1. The molecule has 3 rings (SSSR count). The first-order valence-electron chi connectivity index (χ1n) is 9.95. The number of ether oxygens (including phenoxy) is 2. The highest BCUT2D eigenvalue weighted by Crippen LogP contribution is 2.43. The van der Waals surface area contributed by atoms with Gasteiger partial charge in [-0.25, -0.2) is 4.79 Å². The Kier molecular flexibility index (Phi) is 7.71. The number of hydrogen-bond acceptors (Lipinski definition) is 6. The number of thioether (sulfide) groups is 1. The molecule has 2 aliphatic rings. The summed E-state index contributed by atoms with van der Waals surface area (Å²) in [4.78, 5) is 39.8. The van der Waals surface area contributed by atoms with Crippen LogP contribution in [0.4, 0.5) is 4.79 Å². The van der Waals surface area contributed by atoms with Crippen molar-refractivity contribution in [3.8, 4) is 5.75 Å². The van der Waals surface area contributed by atoms with Gasteiger partial charge in [0.2, 0.25) is 0 Å². The highest BCUT2D eigenvalue weighted by atomic mass is 35.5. The van der Waals surface area contributed by atoms with Gasteiger partial charge in [0.15, 0.2) is 6.61 Å². The van der Waals surface area contributed by atoms with E-state index in [1.807, 2.05) is 4.90 Å². The molecule has 2 fully saturated rings. The van der Waals surface area contributed by atoms with E-state index in [2.05, 4.69) is 5.32 Å². The van der Waals surface area contributed by atoms with Gasteiger partial charge < -0.3 is 24.6 Å². The Morgan fingerprint density at radius 2 is 1.87 bits per heavy atom. The predicted octanol–water partition coefficient (Wildman–Crippen LogP) is 2.36. The molecule has 1 aromatic carbocycles. The second-order valence-electron chi connectivity index (χ2n) is 7.03. The topological polar surface area (TPSA) is 88.2 Å². The number of amides is 3. The molecule has 0 aromatic heterocycles. The van der Waals surface area contributed by atoms with E-state index < -0.39 is 5.97 Å². The number of benzene rings is 1. The Balaban J connectivity index is 1.50. The van der Waals surface area contributed by atoms with Gasteiger partial charge in [0.05, 0.1) is 11.5 Å². The third kappa shape index (κ3) is 5.51. The quantitative estimate of drug-likeness (QED) is 0.662. The lowest BCUT2D eigenvalue weighted by Crippen LogP contribution is -2.56. The number of nitrogens with zero attached hydrogens (tertiary/aromatic N) is 2. The van der Waals surface area contributed by atoms with Crippen LogP contribution in [0.25, 0.3) is 0 Å².